The SMILES string of the molecule is Cc1cc(C(=O)Nc2nccs2)c2c(-c3ccccc3F)noc2n1. The molecule has 4 aromatic rings. The van der Waals surface area contributed by atoms with Crippen LogP contribution in [0.2, 0.25) is 0 Å². The van der Waals surface area contributed by atoms with Gasteiger partial charge in [0.15, 0.2) is 5.13 Å². The molecule has 124 valence electrons. The summed E-state index contributed by atoms with van der Waals surface area (Å²) in [6.07, 6.45) is 1.60. The van der Waals surface area contributed by atoms with Gasteiger partial charge in [0.1, 0.15) is 11.5 Å². The second-order valence-corrected chi connectivity index (χ2v) is 6.19. The van der Waals surface area contributed by atoms with Gasteiger partial charge in [-0.2, -0.15) is 0 Å². The number of nitrogens with zero attached hydrogens (tertiary/aromatic N) is 3. The summed E-state index contributed by atoms with van der Waals surface area (Å²) in [6, 6.07) is 7.80. The van der Waals surface area contributed by atoms with Crippen molar-refractivity contribution in [1.29, 1.82) is 0 Å². The molecule has 0 radical (unpaired) electrons. The van der Waals surface area contributed by atoms with E-state index in [1.54, 1.807) is 42.8 Å². The van der Waals surface area contributed by atoms with E-state index in [1.165, 1.54) is 17.4 Å². The Morgan fingerprint density at radius 2 is 2.16 bits per heavy atom. The van der Waals surface area contributed by atoms with E-state index in [4.69, 9.17) is 4.52 Å². The van der Waals surface area contributed by atoms with Crippen LogP contribution in [0.4, 0.5) is 9.52 Å². The van der Waals surface area contributed by atoms with Gasteiger partial charge in [-0.3, -0.25) is 10.1 Å². The number of benzene rings is 1. The van der Waals surface area contributed by atoms with E-state index in [2.05, 4.69) is 20.4 Å². The molecule has 0 fully saturated rings. The largest absolute Gasteiger partial charge is 0.335 e. The molecule has 1 amide bonds. The summed E-state index contributed by atoms with van der Waals surface area (Å²) >= 11 is 1.30. The predicted octanol–water partition coefficient (Wildman–Crippen LogP) is 4.05. The number of anilines is 1. The van der Waals surface area contributed by atoms with Gasteiger partial charge >= 0.3 is 0 Å². The molecule has 25 heavy (non-hydrogen) atoms. The van der Waals surface area contributed by atoms with Crippen LogP contribution in [0, 0.1) is 12.7 Å². The van der Waals surface area contributed by atoms with Gasteiger partial charge < -0.3 is 4.52 Å². The van der Waals surface area contributed by atoms with Crippen molar-refractivity contribution >= 4 is 33.5 Å². The Bertz CT molecular complexity index is 1080. The Morgan fingerprint density at radius 1 is 1.32 bits per heavy atom. The Hall–Kier alpha value is -3.13. The summed E-state index contributed by atoms with van der Waals surface area (Å²) in [7, 11) is 0. The first-order valence-electron chi connectivity index (χ1n) is 7.36. The lowest BCUT2D eigenvalue weighted by Gasteiger charge is -2.06. The van der Waals surface area contributed by atoms with E-state index in [1.807, 2.05) is 0 Å². The van der Waals surface area contributed by atoms with Crippen LogP contribution >= 0.6 is 11.3 Å². The molecule has 0 bridgehead atoms. The molecule has 0 aliphatic rings. The number of aromatic nitrogens is 3. The minimum Gasteiger partial charge on any atom is -0.335 e. The zero-order valence-corrected chi connectivity index (χ0v) is 13.8. The third kappa shape index (κ3) is 2.76. The van der Waals surface area contributed by atoms with E-state index in [-0.39, 0.29) is 22.9 Å². The fourth-order valence-electron chi connectivity index (χ4n) is 2.54. The average molecular weight is 354 g/mol. The Labute approximate surface area is 145 Å². The third-order valence-corrected chi connectivity index (χ3v) is 4.29. The van der Waals surface area contributed by atoms with Gasteiger partial charge in [0.05, 0.1) is 10.9 Å². The maximum absolute atomic E-state index is 14.2. The number of rotatable bonds is 3. The van der Waals surface area contributed by atoms with E-state index in [0.29, 0.717) is 21.8 Å². The van der Waals surface area contributed by atoms with Gasteiger partial charge in [-0.1, -0.05) is 17.3 Å². The molecule has 8 heteroatoms. The first-order chi connectivity index (χ1) is 12.1. The van der Waals surface area contributed by atoms with Crippen molar-refractivity contribution in [3.05, 3.63) is 59.0 Å². The van der Waals surface area contributed by atoms with Crippen molar-refractivity contribution in [2.45, 2.75) is 6.92 Å². The van der Waals surface area contributed by atoms with Gasteiger partial charge in [0.25, 0.3) is 11.6 Å². The number of pyridine rings is 1. The summed E-state index contributed by atoms with van der Waals surface area (Å²) in [4.78, 5) is 21.0. The number of nitrogens with one attached hydrogen (secondary N) is 1. The van der Waals surface area contributed by atoms with Crippen LogP contribution in [0.5, 0.6) is 0 Å². The monoisotopic (exact) mass is 354 g/mol. The number of hydrogen-bond donors (Lipinski definition) is 1. The van der Waals surface area contributed by atoms with Gasteiger partial charge in [0, 0.05) is 22.8 Å². The molecule has 3 aromatic heterocycles. The van der Waals surface area contributed by atoms with Crippen molar-refractivity contribution in [2.24, 2.45) is 0 Å². The van der Waals surface area contributed by atoms with Gasteiger partial charge in [0.2, 0.25) is 0 Å². The first kappa shape index (κ1) is 15.4. The predicted molar refractivity (Wildman–Crippen MR) is 92.0 cm³/mol. The molecule has 0 atom stereocenters. The van der Waals surface area contributed by atoms with Crippen LogP contribution in [0.15, 0.2) is 46.4 Å². The van der Waals surface area contributed by atoms with Crippen LogP contribution in [-0.2, 0) is 0 Å². The van der Waals surface area contributed by atoms with Crippen molar-refractivity contribution in [3.8, 4) is 11.3 Å². The summed E-state index contributed by atoms with van der Waals surface area (Å²) in [5, 5.41) is 9.25. The van der Waals surface area contributed by atoms with Crippen molar-refractivity contribution in [3.63, 3.8) is 0 Å². The smallest absolute Gasteiger partial charge is 0.259 e. The van der Waals surface area contributed by atoms with Crippen LogP contribution in [0.1, 0.15) is 16.1 Å². The number of carbonyl (C=O) groups is 1. The molecular formula is C17H11FN4O2S. The van der Waals surface area contributed by atoms with Crippen LogP contribution in [0.3, 0.4) is 0 Å². The maximum atomic E-state index is 14.2. The Kier molecular flexibility index (Phi) is 3.73. The van der Waals surface area contributed by atoms with Crippen molar-refractivity contribution in [1.82, 2.24) is 15.1 Å². The quantitative estimate of drug-likeness (QED) is 0.600. The number of aryl methyl sites for hydroxylation is 1. The number of amides is 1. The average Bonchev–Trinajstić information content (AvgIpc) is 3.24. The highest BCUT2D eigenvalue weighted by Crippen LogP contribution is 2.32. The molecule has 0 unspecified atom stereocenters. The van der Waals surface area contributed by atoms with Crippen LogP contribution in [-0.4, -0.2) is 21.0 Å². The Morgan fingerprint density at radius 3 is 2.92 bits per heavy atom. The van der Waals surface area contributed by atoms with Gasteiger partial charge in [-0.05, 0) is 25.1 Å². The molecule has 4 rings (SSSR count). The number of fused-ring (bicyclic) bond motifs is 1. The topological polar surface area (TPSA) is 80.9 Å². The number of halogens is 1. The molecular weight excluding hydrogens is 343 g/mol. The standard InChI is InChI=1S/C17H11FN4O2S/c1-9-8-11(15(23)21-17-19-6-7-25-17)13-14(22-24-16(13)20-9)10-4-2-3-5-12(10)18/h2-8H,1H3,(H,19,21,23). The zero-order valence-electron chi connectivity index (χ0n) is 13.0. The lowest BCUT2D eigenvalue weighted by atomic mass is 10.0. The second kappa shape index (κ2) is 6.06. The highest BCUT2D eigenvalue weighted by atomic mass is 32.1. The molecule has 0 saturated carbocycles. The minimum absolute atomic E-state index is 0.183. The van der Waals surface area contributed by atoms with Crippen molar-refractivity contribution in [2.75, 3.05) is 5.32 Å². The van der Waals surface area contributed by atoms with E-state index in [0.717, 1.165) is 0 Å². The lowest BCUT2D eigenvalue weighted by molar-refractivity contribution is 0.102. The normalized spacial score (nSPS) is 11.0. The summed E-state index contributed by atoms with van der Waals surface area (Å²) in [5.41, 5.74) is 1.56. The van der Waals surface area contributed by atoms with Crippen molar-refractivity contribution < 1.29 is 13.7 Å². The molecule has 6 nitrogen and oxygen atoms in total. The number of hydrogen-bond acceptors (Lipinski definition) is 6. The highest BCUT2D eigenvalue weighted by Gasteiger charge is 2.22. The minimum atomic E-state index is -0.454. The van der Waals surface area contributed by atoms with E-state index in [9.17, 15) is 9.18 Å². The summed E-state index contributed by atoms with van der Waals surface area (Å²) < 4.78 is 19.4. The Balaban J connectivity index is 1.90. The molecule has 0 spiro atoms. The third-order valence-electron chi connectivity index (χ3n) is 3.60. The van der Waals surface area contributed by atoms with Crippen LogP contribution in [0.25, 0.3) is 22.4 Å². The highest BCUT2D eigenvalue weighted by molar-refractivity contribution is 7.13. The summed E-state index contributed by atoms with van der Waals surface area (Å²) in [5.74, 6) is -0.837. The van der Waals surface area contributed by atoms with Gasteiger partial charge in [-0.25, -0.2) is 14.4 Å². The molecule has 0 saturated heterocycles. The second-order valence-electron chi connectivity index (χ2n) is 5.29. The fraction of sp³-hybridized carbons (Fsp3) is 0.0588. The molecule has 3 heterocycles. The molecule has 1 aromatic carbocycles. The molecule has 0 aliphatic heterocycles. The number of carbonyl (C=O) groups excluding carboxylic acids is 1. The number of thiazole rings is 1. The zero-order chi connectivity index (χ0) is 17.4. The van der Waals surface area contributed by atoms with Crippen LogP contribution < -0.4 is 5.32 Å². The maximum Gasteiger partial charge on any atom is 0.259 e. The fourth-order valence-corrected chi connectivity index (χ4v) is 3.06. The van der Waals surface area contributed by atoms with E-state index < -0.39 is 5.82 Å². The summed E-state index contributed by atoms with van der Waals surface area (Å²) in [6.45, 7) is 1.74. The lowest BCUT2D eigenvalue weighted by Crippen LogP contribution is -2.13. The van der Waals surface area contributed by atoms with E-state index >= 15 is 0 Å². The molecule has 0 aliphatic carbocycles. The first-order valence-corrected chi connectivity index (χ1v) is 8.24. The van der Waals surface area contributed by atoms with Gasteiger partial charge in [-0.15, -0.1) is 11.3 Å². The molecule has 1 N–H and O–H groups in total.